The summed E-state index contributed by atoms with van der Waals surface area (Å²) in [5, 5.41) is 3.28. The van der Waals surface area contributed by atoms with Crippen molar-refractivity contribution < 1.29 is 23.5 Å². The van der Waals surface area contributed by atoms with Crippen molar-refractivity contribution in [1.82, 2.24) is 4.98 Å². The molecule has 0 saturated heterocycles. The SMILES string of the molecule is CCC(=O)Nc1ccc(C(=O)COC(=O)c2cc3ccc(F)cc3nc2C)cc1. The minimum absolute atomic E-state index is 0.125. The van der Waals surface area contributed by atoms with E-state index in [0.717, 1.165) is 0 Å². The van der Waals surface area contributed by atoms with E-state index >= 15 is 0 Å². The number of esters is 1. The molecule has 0 fully saturated rings. The zero-order chi connectivity index (χ0) is 21.0. The topological polar surface area (TPSA) is 85.4 Å². The van der Waals surface area contributed by atoms with Gasteiger partial charge in [0.25, 0.3) is 0 Å². The molecule has 7 heteroatoms. The van der Waals surface area contributed by atoms with Crippen molar-refractivity contribution in [1.29, 1.82) is 0 Å². The van der Waals surface area contributed by atoms with Gasteiger partial charge in [-0.1, -0.05) is 6.92 Å². The van der Waals surface area contributed by atoms with Gasteiger partial charge < -0.3 is 10.1 Å². The fraction of sp³-hybridized carbons (Fsp3) is 0.182. The van der Waals surface area contributed by atoms with Gasteiger partial charge in [-0.25, -0.2) is 9.18 Å². The molecule has 2 aromatic carbocycles. The lowest BCUT2D eigenvalue weighted by atomic mass is 10.1. The summed E-state index contributed by atoms with van der Waals surface area (Å²) in [4.78, 5) is 40.3. The molecule has 0 radical (unpaired) electrons. The Morgan fingerprint density at radius 1 is 1.07 bits per heavy atom. The van der Waals surface area contributed by atoms with E-state index in [1.165, 1.54) is 18.2 Å². The molecule has 0 unspecified atom stereocenters. The normalized spacial score (nSPS) is 10.6. The second kappa shape index (κ2) is 8.60. The Balaban J connectivity index is 1.66. The highest BCUT2D eigenvalue weighted by atomic mass is 19.1. The number of hydrogen-bond acceptors (Lipinski definition) is 5. The molecule has 6 nitrogen and oxygen atoms in total. The number of carbonyl (C=O) groups excluding carboxylic acids is 3. The van der Waals surface area contributed by atoms with Crippen LogP contribution >= 0.6 is 0 Å². The molecule has 0 atom stereocenters. The van der Waals surface area contributed by atoms with Crippen LogP contribution < -0.4 is 5.32 Å². The van der Waals surface area contributed by atoms with E-state index in [9.17, 15) is 18.8 Å². The molecule has 0 aliphatic carbocycles. The number of Topliss-reactive ketones (excluding diaryl/α,β-unsaturated/α-hetero) is 1. The number of rotatable bonds is 6. The fourth-order valence-corrected chi connectivity index (χ4v) is 2.72. The largest absolute Gasteiger partial charge is 0.454 e. The zero-order valence-corrected chi connectivity index (χ0v) is 16.0. The minimum Gasteiger partial charge on any atom is -0.454 e. The van der Waals surface area contributed by atoms with Crippen LogP contribution in [0.25, 0.3) is 10.9 Å². The lowest BCUT2D eigenvalue weighted by molar-refractivity contribution is -0.115. The number of fused-ring (bicyclic) bond motifs is 1. The second-order valence-corrected chi connectivity index (χ2v) is 6.44. The van der Waals surface area contributed by atoms with Crippen LogP contribution in [0.15, 0.2) is 48.5 Å². The van der Waals surface area contributed by atoms with Crippen LogP contribution in [0.1, 0.15) is 39.8 Å². The van der Waals surface area contributed by atoms with Gasteiger partial charge in [0.1, 0.15) is 5.82 Å². The Morgan fingerprint density at radius 2 is 1.79 bits per heavy atom. The number of nitrogens with one attached hydrogen (secondary N) is 1. The molecule has 0 saturated carbocycles. The first-order valence-electron chi connectivity index (χ1n) is 9.04. The first-order valence-corrected chi connectivity index (χ1v) is 9.04. The highest BCUT2D eigenvalue weighted by Gasteiger charge is 2.16. The van der Waals surface area contributed by atoms with Crippen LogP contribution in [0.2, 0.25) is 0 Å². The smallest absolute Gasteiger partial charge is 0.340 e. The van der Waals surface area contributed by atoms with Gasteiger partial charge in [0, 0.05) is 29.1 Å². The molecule has 0 aliphatic rings. The quantitative estimate of drug-likeness (QED) is 0.503. The van der Waals surface area contributed by atoms with Crippen LogP contribution in [-0.2, 0) is 9.53 Å². The van der Waals surface area contributed by atoms with Gasteiger partial charge in [-0.15, -0.1) is 0 Å². The number of pyridine rings is 1. The summed E-state index contributed by atoms with van der Waals surface area (Å²) in [6.45, 7) is 2.93. The third kappa shape index (κ3) is 4.82. The Hall–Kier alpha value is -3.61. The van der Waals surface area contributed by atoms with Gasteiger partial charge in [-0.05, 0) is 49.4 Å². The summed E-state index contributed by atoms with van der Waals surface area (Å²) in [5.41, 5.74) is 1.98. The molecule has 1 heterocycles. The van der Waals surface area contributed by atoms with Crippen molar-refractivity contribution in [2.45, 2.75) is 20.3 Å². The summed E-state index contributed by atoms with van der Waals surface area (Å²) in [6.07, 6.45) is 0.356. The van der Waals surface area contributed by atoms with Crippen LogP contribution in [-0.4, -0.2) is 29.3 Å². The van der Waals surface area contributed by atoms with Crippen molar-refractivity contribution in [2.24, 2.45) is 0 Å². The molecule has 0 aliphatic heterocycles. The molecule has 3 aromatic rings. The van der Waals surface area contributed by atoms with Crippen LogP contribution in [0, 0.1) is 12.7 Å². The third-order valence-electron chi connectivity index (χ3n) is 4.34. The van der Waals surface area contributed by atoms with Crippen molar-refractivity contribution in [3.63, 3.8) is 0 Å². The lowest BCUT2D eigenvalue weighted by Gasteiger charge is -2.09. The predicted octanol–water partition coefficient (Wildman–Crippen LogP) is 4.07. The van der Waals surface area contributed by atoms with Crippen LogP contribution in [0.3, 0.4) is 0 Å². The van der Waals surface area contributed by atoms with E-state index in [0.29, 0.717) is 34.3 Å². The van der Waals surface area contributed by atoms with E-state index in [2.05, 4.69) is 10.3 Å². The van der Waals surface area contributed by atoms with Gasteiger partial charge in [0.05, 0.1) is 16.8 Å². The Morgan fingerprint density at radius 3 is 2.48 bits per heavy atom. The minimum atomic E-state index is -0.679. The summed E-state index contributed by atoms with van der Waals surface area (Å²) in [6, 6.07) is 12.0. The number of aryl methyl sites for hydroxylation is 1. The second-order valence-electron chi connectivity index (χ2n) is 6.44. The Bertz CT molecular complexity index is 1090. The number of ether oxygens (including phenoxy) is 1. The number of carbonyl (C=O) groups is 3. The maximum absolute atomic E-state index is 13.3. The monoisotopic (exact) mass is 394 g/mol. The van der Waals surface area contributed by atoms with Crippen molar-refractivity contribution in [3.8, 4) is 0 Å². The maximum atomic E-state index is 13.3. The summed E-state index contributed by atoms with van der Waals surface area (Å²) < 4.78 is 18.5. The average molecular weight is 394 g/mol. The van der Waals surface area contributed by atoms with Gasteiger partial charge in [-0.2, -0.15) is 0 Å². The standard InChI is InChI=1S/C22H19FN2O4/c1-3-21(27)25-17-8-5-14(6-9-17)20(26)12-29-22(28)18-10-15-4-7-16(23)11-19(15)24-13(18)2/h4-11H,3,12H2,1-2H3,(H,25,27). The third-order valence-corrected chi connectivity index (χ3v) is 4.34. The molecule has 0 bridgehead atoms. The Labute approximate surface area is 166 Å². The van der Waals surface area contributed by atoms with Gasteiger partial charge in [0.15, 0.2) is 12.4 Å². The summed E-state index contributed by atoms with van der Waals surface area (Å²) in [5.74, 6) is -1.59. The van der Waals surface area contributed by atoms with E-state index in [1.54, 1.807) is 44.2 Å². The first-order chi connectivity index (χ1) is 13.9. The van der Waals surface area contributed by atoms with Crippen LogP contribution in [0.5, 0.6) is 0 Å². The number of benzene rings is 2. The zero-order valence-electron chi connectivity index (χ0n) is 16.0. The molecular weight excluding hydrogens is 375 g/mol. The van der Waals surface area contributed by atoms with Gasteiger partial charge >= 0.3 is 5.97 Å². The summed E-state index contributed by atoms with van der Waals surface area (Å²) >= 11 is 0. The number of aromatic nitrogens is 1. The van der Waals surface area contributed by atoms with Crippen molar-refractivity contribution >= 4 is 34.3 Å². The average Bonchev–Trinajstić information content (AvgIpc) is 2.71. The Kier molecular flexibility index (Phi) is 5.97. The number of ketones is 1. The van der Waals surface area contributed by atoms with E-state index in [-0.39, 0.29) is 17.3 Å². The van der Waals surface area contributed by atoms with E-state index in [1.807, 2.05) is 0 Å². The number of nitrogens with zero attached hydrogens (tertiary/aromatic N) is 1. The fourth-order valence-electron chi connectivity index (χ4n) is 2.72. The molecule has 1 N–H and O–H groups in total. The number of amides is 1. The molecule has 0 spiro atoms. The van der Waals surface area contributed by atoms with Crippen molar-refractivity contribution in [2.75, 3.05) is 11.9 Å². The number of anilines is 1. The predicted molar refractivity (Wildman–Crippen MR) is 106 cm³/mol. The molecule has 148 valence electrons. The molecule has 1 aromatic heterocycles. The van der Waals surface area contributed by atoms with E-state index in [4.69, 9.17) is 4.74 Å². The number of halogens is 1. The summed E-state index contributed by atoms with van der Waals surface area (Å²) in [7, 11) is 0. The van der Waals surface area contributed by atoms with Gasteiger partial charge in [-0.3, -0.25) is 14.6 Å². The highest BCUT2D eigenvalue weighted by molar-refractivity contribution is 6.01. The first kappa shape index (κ1) is 20.1. The molecule has 1 amide bonds. The van der Waals surface area contributed by atoms with Gasteiger partial charge in [0.2, 0.25) is 5.91 Å². The molecule has 3 rings (SSSR count). The maximum Gasteiger partial charge on any atom is 0.340 e. The van der Waals surface area contributed by atoms with E-state index < -0.39 is 18.4 Å². The molecule has 29 heavy (non-hydrogen) atoms. The number of hydrogen-bond donors (Lipinski definition) is 1. The van der Waals surface area contributed by atoms with Crippen LogP contribution in [0.4, 0.5) is 10.1 Å². The molecular formula is C22H19FN2O4. The highest BCUT2D eigenvalue weighted by Crippen LogP contribution is 2.19. The van der Waals surface area contributed by atoms with Crippen molar-refractivity contribution in [3.05, 3.63) is 71.2 Å². The lowest BCUT2D eigenvalue weighted by Crippen LogP contribution is -2.16.